The molecule has 0 heterocycles. The zero-order valence-corrected chi connectivity index (χ0v) is 9.64. The van der Waals surface area contributed by atoms with E-state index < -0.39 is 30.2 Å². The molecular formula is C11H13FN2O4. The van der Waals surface area contributed by atoms with Crippen molar-refractivity contribution < 1.29 is 23.8 Å². The van der Waals surface area contributed by atoms with E-state index in [1.807, 2.05) is 0 Å². The lowest BCUT2D eigenvalue weighted by Gasteiger charge is -2.11. The van der Waals surface area contributed by atoms with Crippen LogP contribution in [-0.4, -0.2) is 30.1 Å². The second kappa shape index (κ2) is 5.97. The van der Waals surface area contributed by atoms with E-state index in [2.05, 4.69) is 5.32 Å². The van der Waals surface area contributed by atoms with Crippen LogP contribution in [0.4, 0.5) is 10.1 Å². The van der Waals surface area contributed by atoms with Crippen molar-refractivity contribution in [1.82, 2.24) is 0 Å². The van der Waals surface area contributed by atoms with Crippen LogP contribution >= 0.6 is 0 Å². The number of halogens is 1. The van der Waals surface area contributed by atoms with Gasteiger partial charge in [0.2, 0.25) is 5.91 Å². The number of rotatable bonds is 5. The average Bonchev–Trinajstić information content (AvgIpc) is 2.30. The van der Waals surface area contributed by atoms with E-state index in [0.29, 0.717) is 0 Å². The van der Waals surface area contributed by atoms with Crippen LogP contribution in [0, 0.1) is 5.82 Å². The number of hydrogen-bond donors (Lipinski definition) is 3. The van der Waals surface area contributed by atoms with E-state index in [0.717, 1.165) is 6.07 Å². The number of carbonyl (C=O) groups excluding carboxylic acids is 1. The van der Waals surface area contributed by atoms with Gasteiger partial charge in [-0.1, -0.05) is 0 Å². The van der Waals surface area contributed by atoms with Gasteiger partial charge in [-0.3, -0.25) is 9.59 Å². The lowest BCUT2D eigenvalue weighted by atomic mass is 10.2. The summed E-state index contributed by atoms with van der Waals surface area (Å²) in [5.41, 5.74) is 5.65. The molecule has 0 bridgehead atoms. The summed E-state index contributed by atoms with van der Waals surface area (Å²) in [5.74, 6) is -2.43. The Labute approximate surface area is 103 Å². The predicted molar refractivity (Wildman–Crippen MR) is 61.8 cm³/mol. The maximum atomic E-state index is 13.1. The molecule has 1 amide bonds. The van der Waals surface area contributed by atoms with Crippen molar-refractivity contribution in [3.63, 3.8) is 0 Å². The van der Waals surface area contributed by atoms with Gasteiger partial charge in [-0.2, -0.15) is 0 Å². The first kappa shape index (κ1) is 13.9. The number of carboxylic acids is 1. The van der Waals surface area contributed by atoms with E-state index in [9.17, 15) is 14.0 Å². The van der Waals surface area contributed by atoms with Crippen LogP contribution in [0.2, 0.25) is 0 Å². The fraction of sp³-hybridized carbons (Fsp3) is 0.273. The Balaban J connectivity index is 2.72. The zero-order valence-electron chi connectivity index (χ0n) is 9.64. The molecule has 6 nitrogen and oxygen atoms in total. The highest BCUT2D eigenvalue weighted by Crippen LogP contribution is 2.21. The highest BCUT2D eigenvalue weighted by molar-refractivity contribution is 5.96. The quantitative estimate of drug-likeness (QED) is 0.715. The monoisotopic (exact) mass is 256 g/mol. The van der Waals surface area contributed by atoms with Crippen LogP contribution < -0.4 is 15.8 Å². The number of aliphatic carboxylic acids is 1. The minimum absolute atomic E-state index is 0.0281. The van der Waals surface area contributed by atoms with E-state index >= 15 is 0 Å². The number of ether oxygens (including phenoxy) is 1. The zero-order chi connectivity index (χ0) is 13.7. The van der Waals surface area contributed by atoms with Gasteiger partial charge in [0.1, 0.15) is 0 Å². The number of amides is 1. The van der Waals surface area contributed by atoms with E-state index in [1.54, 1.807) is 0 Å². The maximum Gasteiger partial charge on any atom is 0.305 e. The molecule has 18 heavy (non-hydrogen) atoms. The number of carboxylic acid groups (broad SMARTS) is 1. The summed E-state index contributed by atoms with van der Waals surface area (Å²) in [6.07, 6.45) is -0.482. The van der Waals surface area contributed by atoms with Crippen molar-refractivity contribution in [2.24, 2.45) is 5.73 Å². The first-order valence-electron chi connectivity index (χ1n) is 5.06. The lowest BCUT2D eigenvalue weighted by Crippen LogP contribution is -2.37. The Morgan fingerprint density at radius 2 is 2.22 bits per heavy atom. The number of anilines is 1. The van der Waals surface area contributed by atoms with E-state index in [-0.39, 0.29) is 11.4 Å². The second-order valence-electron chi connectivity index (χ2n) is 3.54. The minimum Gasteiger partial charge on any atom is -0.494 e. The minimum atomic E-state index is -1.17. The van der Waals surface area contributed by atoms with E-state index in [4.69, 9.17) is 15.6 Å². The Bertz CT molecular complexity index is 464. The molecule has 0 aromatic heterocycles. The summed E-state index contributed by atoms with van der Waals surface area (Å²) in [6, 6.07) is 2.56. The number of methoxy groups -OCH3 is 1. The fourth-order valence-corrected chi connectivity index (χ4v) is 1.25. The molecule has 1 aromatic carbocycles. The van der Waals surface area contributed by atoms with Gasteiger partial charge in [-0.05, 0) is 12.1 Å². The van der Waals surface area contributed by atoms with Gasteiger partial charge in [-0.15, -0.1) is 0 Å². The maximum absolute atomic E-state index is 13.1. The molecule has 0 spiro atoms. The standard InChI is InChI=1S/C11H13FN2O4/c1-18-9-4-6(2-3-7(9)12)14-11(17)8(13)5-10(15)16/h2-4,8H,5,13H2,1H3,(H,14,17)(H,15,16). The van der Waals surface area contributed by atoms with Crippen LogP contribution in [-0.2, 0) is 9.59 Å². The van der Waals surface area contributed by atoms with Crippen LogP contribution in [0.25, 0.3) is 0 Å². The van der Waals surface area contributed by atoms with Crippen molar-refractivity contribution >= 4 is 17.6 Å². The smallest absolute Gasteiger partial charge is 0.305 e. The molecule has 0 radical (unpaired) electrons. The first-order valence-corrected chi connectivity index (χ1v) is 5.06. The molecule has 1 atom stereocenters. The fourth-order valence-electron chi connectivity index (χ4n) is 1.25. The van der Waals surface area contributed by atoms with Gasteiger partial charge < -0.3 is 20.9 Å². The molecule has 98 valence electrons. The topological polar surface area (TPSA) is 102 Å². The predicted octanol–water partition coefficient (Wildman–Crippen LogP) is 0.575. The molecule has 0 saturated heterocycles. The average molecular weight is 256 g/mol. The largest absolute Gasteiger partial charge is 0.494 e. The van der Waals surface area contributed by atoms with Crippen LogP contribution in [0.3, 0.4) is 0 Å². The Hall–Kier alpha value is -2.15. The van der Waals surface area contributed by atoms with Gasteiger partial charge in [-0.25, -0.2) is 4.39 Å². The van der Waals surface area contributed by atoms with Crippen LogP contribution in [0.15, 0.2) is 18.2 Å². The molecule has 7 heteroatoms. The van der Waals surface area contributed by atoms with Crippen molar-refractivity contribution in [1.29, 1.82) is 0 Å². The van der Waals surface area contributed by atoms with E-state index in [1.165, 1.54) is 19.2 Å². The number of hydrogen-bond acceptors (Lipinski definition) is 4. The van der Waals surface area contributed by atoms with Gasteiger partial charge in [0.15, 0.2) is 11.6 Å². The number of carbonyl (C=O) groups is 2. The summed E-state index contributed by atoms with van der Waals surface area (Å²) in [5, 5.41) is 10.9. The molecule has 1 rings (SSSR count). The van der Waals surface area contributed by atoms with Gasteiger partial charge in [0.05, 0.1) is 19.6 Å². The van der Waals surface area contributed by atoms with Crippen LogP contribution in [0.5, 0.6) is 5.75 Å². The molecule has 0 fully saturated rings. The molecule has 4 N–H and O–H groups in total. The summed E-state index contributed by atoms with van der Waals surface area (Å²) < 4.78 is 17.8. The summed E-state index contributed by atoms with van der Waals surface area (Å²) in [6.45, 7) is 0. The molecule has 1 aromatic rings. The lowest BCUT2D eigenvalue weighted by molar-refractivity contribution is -0.138. The SMILES string of the molecule is COc1cc(NC(=O)C(N)CC(=O)O)ccc1F. The number of benzene rings is 1. The second-order valence-corrected chi connectivity index (χ2v) is 3.54. The highest BCUT2D eigenvalue weighted by Gasteiger charge is 2.17. The number of nitrogens with one attached hydrogen (secondary N) is 1. The van der Waals surface area contributed by atoms with Crippen LogP contribution in [0.1, 0.15) is 6.42 Å². The summed E-state index contributed by atoms with van der Waals surface area (Å²) >= 11 is 0. The Morgan fingerprint density at radius 1 is 1.56 bits per heavy atom. The third-order valence-electron chi connectivity index (χ3n) is 2.15. The molecule has 1 unspecified atom stereocenters. The Morgan fingerprint density at radius 3 is 2.78 bits per heavy atom. The van der Waals surface area contributed by atoms with Crippen molar-refractivity contribution in [3.05, 3.63) is 24.0 Å². The van der Waals surface area contributed by atoms with Crippen molar-refractivity contribution in [3.8, 4) is 5.75 Å². The van der Waals surface area contributed by atoms with Gasteiger partial charge in [0, 0.05) is 11.8 Å². The van der Waals surface area contributed by atoms with Gasteiger partial charge in [0.25, 0.3) is 0 Å². The molecule has 0 aliphatic heterocycles. The Kier molecular flexibility index (Phi) is 4.61. The van der Waals surface area contributed by atoms with Gasteiger partial charge >= 0.3 is 5.97 Å². The molecule has 0 saturated carbocycles. The van der Waals surface area contributed by atoms with Crippen molar-refractivity contribution in [2.75, 3.05) is 12.4 Å². The summed E-state index contributed by atoms with van der Waals surface area (Å²) in [7, 11) is 1.29. The highest BCUT2D eigenvalue weighted by atomic mass is 19.1. The third kappa shape index (κ3) is 3.70. The van der Waals surface area contributed by atoms with Crippen molar-refractivity contribution in [2.45, 2.75) is 12.5 Å². The first-order chi connectivity index (χ1) is 8.43. The number of nitrogens with two attached hydrogens (primary N) is 1. The molecule has 0 aliphatic rings. The third-order valence-corrected chi connectivity index (χ3v) is 2.15. The molecule has 0 aliphatic carbocycles. The normalized spacial score (nSPS) is 11.7. The molecular weight excluding hydrogens is 243 g/mol. The summed E-state index contributed by atoms with van der Waals surface area (Å²) in [4.78, 5) is 21.9.